The minimum atomic E-state index is 0.883. The van der Waals surface area contributed by atoms with E-state index in [-0.39, 0.29) is 0 Å². The van der Waals surface area contributed by atoms with Crippen LogP contribution >= 0.6 is 27.3 Å². The average molecular weight is 270 g/mol. The quantitative estimate of drug-likeness (QED) is 0.822. The number of nitrogen functional groups attached to an aromatic ring is 1. The SMILES string of the molecule is CCc1ccc2scc(N)c2c1CBr. The summed E-state index contributed by atoms with van der Waals surface area (Å²) >= 11 is 5.26. The molecule has 14 heavy (non-hydrogen) atoms. The van der Waals surface area contributed by atoms with Gasteiger partial charge >= 0.3 is 0 Å². The van der Waals surface area contributed by atoms with Gasteiger partial charge in [-0.25, -0.2) is 0 Å². The van der Waals surface area contributed by atoms with Gasteiger partial charge in [-0.15, -0.1) is 11.3 Å². The third-order valence-corrected chi connectivity index (χ3v) is 4.01. The van der Waals surface area contributed by atoms with Crippen molar-refractivity contribution >= 4 is 43.0 Å². The Labute approximate surface area is 96.1 Å². The number of anilines is 1. The van der Waals surface area contributed by atoms with Crippen LogP contribution in [0.3, 0.4) is 0 Å². The van der Waals surface area contributed by atoms with Crippen LogP contribution in [0.25, 0.3) is 10.1 Å². The summed E-state index contributed by atoms with van der Waals surface area (Å²) in [6.07, 6.45) is 1.06. The third kappa shape index (κ3) is 1.44. The van der Waals surface area contributed by atoms with Crippen LogP contribution in [0.15, 0.2) is 17.5 Å². The van der Waals surface area contributed by atoms with Crippen LogP contribution in [-0.2, 0) is 11.8 Å². The number of hydrogen-bond acceptors (Lipinski definition) is 2. The molecule has 1 heterocycles. The second-order valence-corrected chi connectivity index (χ2v) is 4.73. The molecule has 1 aromatic heterocycles. The molecule has 0 radical (unpaired) electrons. The van der Waals surface area contributed by atoms with E-state index < -0.39 is 0 Å². The molecule has 1 nitrogen and oxygen atoms in total. The molecule has 0 amide bonds. The fourth-order valence-electron chi connectivity index (χ4n) is 1.75. The second-order valence-electron chi connectivity index (χ2n) is 3.25. The minimum absolute atomic E-state index is 0.883. The van der Waals surface area contributed by atoms with Gasteiger partial charge in [-0.2, -0.15) is 0 Å². The van der Waals surface area contributed by atoms with E-state index in [9.17, 15) is 0 Å². The molecule has 0 spiro atoms. The molecule has 0 saturated carbocycles. The van der Waals surface area contributed by atoms with Gasteiger partial charge in [0.25, 0.3) is 0 Å². The zero-order chi connectivity index (χ0) is 10.1. The lowest BCUT2D eigenvalue weighted by molar-refractivity contribution is 1.12. The van der Waals surface area contributed by atoms with Crippen LogP contribution in [0.1, 0.15) is 18.1 Å². The van der Waals surface area contributed by atoms with Gasteiger partial charge in [0.05, 0.1) is 5.69 Å². The van der Waals surface area contributed by atoms with E-state index in [1.165, 1.54) is 21.2 Å². The molecule has 2 aromatic rings. The Bertz CT molecular complexity index is 462. The number of fused-ring (bicyclic) bond motifs is 1. The van der Waals surface area contributed by atoms with Crippen molar-refractivity contribution in [3.8, 4) is 0 Å². The summed E-state index contributed by atoms with van der Waals surface area (Å²) < 4.78 is 1.29. The Hall–Kier alpha value is -0.540. The number of alkyl halides is 1. The molecule has 0 bridgehead atoms. The van der Waals surface area contributed by atoms with Crippen molar-refractivity contribution < 1.29 is 0 Å². The van der Waals surface area contributed by atoms with Crippen LogP contribution in [0.5, 0.6) is 0 Å². The predicted molar refractivity (Wildman–Crippen MR) is 68.2 cm³/mol. The van der Waals surface area contributed by atoms with Crippen molar-refractivity contribution in [3.63, 3.8) is 0 Å². The lowest BCUT2D eigenvalue weighted by Crippen LogP contribution is -1.92. The Morgan fingerprint density at radius 3 is 2.86 bits per heavy atom. The standard InChI is InChI=1S/C11H12BrNS/c1-2-7-3-4-10-11(8(7)5-12)9(13)6-14-10/h3-4,6H,2,5,13H2,1H3. The number of aryl methyl sites for hydroxylation is 1. The minimum Gasteiger partial charge on any atom is -0.398 e. The number of hydrogen-bond donors (Lipinski definition) is 1. The average Bonchev–Trinajstić information content (AvgIpc) is 2.59. The molecule has 0 fully saturated rings. The van der Waals surface area contributed by atoms with Gasteiger partial charge in [0, 0.05) is 20.8 Å². The summed E-state index contributed by atoms with van der Waals surface area (Å²) in [5.74, 6) is 0. The monoisotopic (exact) mass is 269 g/mol. The maximum atomic E-state index is 5.97. The highest BCUT2D eigenvalue weighted by molar-refractivity contribution is 9.08. The number of thiophene rings is 1. The Morgan fingerprint density at radius 2 is 2.21 bits per heavy atom. The molecule has 0 aliphatic heterocycles. The van der Waals surface area contributed by atoms with E-state index in [0.717, 1.165) is 17.4 Å². The first kappa shape index (κ1) is 9.99. The summed E-state index contributed by atoms with van der Waals surface area (Å²) in [7, 11) is 0. The van der Waals surface area contributed by atoms with E-state index in [4.69, 9.17) is 5.73 Å². The van der Waals surface area contributed by atoms with Crippen LogP contribution in [0.4, 0.5) is 5.69 Å². The first-order valence-electron chi connectivity index (χ1n) is 4.61. The van der Waals surface area contributed by atoms with Crippen LogP contribution in [-0.4, -0.2) is 0 Å². The number of rotatable bonds is 2. The molecule has 0 aliphatic carbocycles. The highest BCUT2D eigenvalue weighted by atomic mass is 79.9. The van der Waals surface area contributed by atoms with Gasteiger partial charge in [0.2, 0.25) is 0 Å². The maximum Gasteiger partial charge on any atom is 0.0506 e. The number of benzene rings is 1. The maximum absolute atomic E-state index is 5.97. The largest absolute Gasteiger partial charge is 0.398 e. The molecule has 3 heteroatoms. The van der Waals surface area contributed by atoms with Gasteiger partial charge in [-0.05, 0) is 23.6 Å². The first-order chi connectivity index (χ1) is 6.77. The predicted octanol–water partition coefficient (Wildman–Crippen LogP) is 3.94. The Morgan fingerprint density at radius 1 is 1.43 bits per heavy atom. The van der Waals surface area contributed by atoms with Gasteiger partial charge in [-0.1, -0.05) is 28.9 Å². The number of nitrogens with two attached hydrogens (primary N) is 1. The van der Waals surface area contributed by atoms with Gasteiger partial charge < -0.3 is 5.73 Å². The molecule has 74 valence electrons. The Kier molecular flexibility index (Phi) is 2.79. The topological polar surface area (TPSA) is 26.0 Å². The molecule has 2 rings (SSSR count). The van der Waals surface area contributed by atoms with Gasteiger partial charge in [0.1, 0.15) is 0 Å². The molecule has 0 saturated heterocycles. The first-order valence-corrected chi connectivity index (χ1v) is 6.61. The fraction of sp³-hybridized carbons (Fsp3) is 0.273. The zero-order valence-electron chi connectivity index (χ0n) is 8.01. The lowest BCUT2D eigenvalue weighted by Gasteiger charge is -2.07. The summed E-state index contributed by atoms with van der Waals surface area (Å²) in [4.78, 5) is 0. The smallest absolute Gasteiger partial charge is 0.0506 e. The highest BCUT2D eigenvalue weighted by Crippen LogP contribution is 2.34. The Balaban J connectivity index is 2.81. The van der Waals surface area contributed by atoms with Crippen LogP contribution in [0.2, 0.25) is 0 Å². The van der Waals surface area contributed by atoms with Crippen molar-refractivity contribution in [2.75, 3.05) is 5.73 Å². The fourth-order valence-corrected chi connectivity index (χ4v) is 3.27. The lowest BCUT2D eigenvalue weighted by atomic mass is 10.0. The van der Waals surface area contributed by atoms with E-state index in [0.29, 0.717) is 0 Å². The molecule has 1 aromatic carbocycles. The van der Waals surface area contributed by atoms with Crippen LogP contribution < -0.4 is 5.73 Å². The molecular weight excluding hydrogens is 258 g/mol. The second kappa shape index (κ2) is 3.91. The van der Waals surface area contributed by atoms with Crippen molar-refractivity contribution in [1.29, 1.82) is 0 Å². The van der Waals surface area contributed by atoms with Crippen molar-refractivity contribution in [1.82, 2.24) is 0 Å². The van der Waals surface area contributed by atoms with Crippen LogP contribution in [0, 0.1) is 0 Å². The van der Waals surface area contributed by atoms with Crippen molar-refractivity contribution in [2.24, 2.45) is 0 Å². The van der Waals surface area contributed by atoms with E-state index in [1.807, 2.05) is 5.38 Å². The van der Waals surface area contributed by atoms with E-state index >= 15 is 0 Å². The zero-order valence-corrected chi connectivity index (χ0v) is 10.4. The van der Waals surface area contributed by atoms with Gasteiger partial charge in [-0.3, -0.25) is 0 Å². The molecular formula is C11H12BrNS. The normalized spacial score (nSPS) is 11.0. The summed E-state index contributed by atoms with van der Waals surface area (Å²) in [6.45, 7) is 2.18. The highest BCUT2D eigenvalue weighted by Gasteiger charge is 2.09. The molecule has 0 unspecified atom stereocenters. The van der Waals surface area contributed by atoms with E-state index in [1.54, 1.807) is 11.3 Å². The van der Waals surface area contributed by atoms with E-state index in [2.05, 4.69) is 35.0 Å². The third-order valence-electron chi connectivity index (χ3n) is 2.49. The molecule has 0 aliphatic rings. The number of halogens is 1. The van der Waals surface area contributed by atoms with Gasteiger partial charge in [0.15, 0.2) is 0 Å². The summed E-state index contributed by atoms with van der Waals surface area (Å²) in [5, 5.41) is 4.15. The van der Waals surface area contributed by atoms with Crippen molar-refractivity contribution in [3.05, 3.63) is 28.6 Å². The molecule has 2 N–H and O–H groups in total. The molecule has 0 atom stereocenters. The van der Waals surface area contributed by atoms with Crippen molar-refractivity contribution in [2.45, 2.75) is 18.7 Å². The summed E-state index contributed by atoms with van der Waals surface area (Å²) in [5.41, 5.74) is 9.62. The summed E-state index contributed by atoms with van der Waals surface area (Å²) in [6, 6.07) is 4.37.